The summed E-state index contributed by atoms with van der Waals surface area (Å²) < 4.78 is 1.98. The van der Waals surface area contributed by atoms with Crippen molar-refractivity contribution in [1.82, 2.24) is 30.4 Å². The Bertz CT molecular complexity index is 1070. The fourth-order valence-corrected chi connectivity index (χ4v) is 5.68. The van der Waals surface area contributed by atoms with Crippen molar-refractivity contribution in [3.8, 4) is 0 Å². The second kappa shape index (κ2) is 7.67. The average Bonchev–Trinajstić information content (AvgIpc) is 3.24. The average molecular weight is 419 g/mol. The van der Waals surface area contributed by atoms with Gasteiger partial charge in [-0.3, -0.25) is 24.8 Å². The van der Waals surface area contributed by atoms with Gasteiger partial charge in [0.2, 0.25) is 11.8 Å². The fraction of sp³-hybridized carbons (Fsp3) is 0.500. The number of thioether (sulfide) groups is 1. The Kier molecular flexibility index (Phi) is 5.24. The molecule has 0 saturated carbocycles. The van der Waals surface area contributed by atoms with Gasteiger partial charge < -0.3 is 0 Å². The van der Waals surface area contributed by atoms with Gasteiger partial charge in [-0.05, 0) is 30.7 Å². The van der Waals surface area contributed by atoms with E-state index in [9.17, 15) is 9.59 Å². The summed E-state index contributed by atoms with van der Waals surface area (Å²) >= 11 is 3.07. The van der Waals surface area contributed by atoms with Gasteiger partial charge in [0.25, 0.3) is 0 Å². The Morgan fingerprint density at radius 1 is 1.32 bits per heavy atom. The van der Waals surface area contributed by atoms with E-state index in [2.05, 4.69) is 34.9 Å². The molecule has 2 N–H and O–H groups in total. The molecule has 0 radical (unpaired) electrons. The van der Waals surface area contributed by atoms with E-state index in [4.69, 9.17) is 4.98 Å². The minimum Gasteiger partial charge on any atom is -0.274 e. The predicted octanol–water partition coefficient (Wildman–Crippen LogP) is 2.29. The third-order valence-electron chi connectivity index (χ3n) is 4.87. The normalized spacial score (nSPS) is 16.3. The van der Waals surface area contributed by atoms with Gasteiger partial charge >= 0.3 is 0 Å². The van der Waals surface area contributed by atoms with Crippen LogP contribution < -0.4 is 10.9 Å². The Morgan fingerprint density at radius 3 is 2.89 bits per heavy atom. The Morgan fingerprint density at radius 2 is 2.14 bits per heavy atom. The molecule has 0 unspecified atom stereocenters. The number of hydrazine groups is 1. The summed E-state index contributed by atoms with van der Waals surface area (Å²) in [5, 5.41) is 10.6. The van der Waals surface area contributed by atoms with Crippen molar-refractivity contribution in [3.63, 3.8) is 0 Å². The molecule has 0 aliphatic heterocycles. The molecule has 3 heterocycles. The maximum atomic E-state index is 11.9. The standard InChI is InChI=1S/C18H22N6O2S2/c1-4-13-19-17-15(11-6-5-9(2)7-12(11)28-17)16-22-23-18(24(13)16)27-8-14(26)21-20-10(3)25/h9H,4-8H2,1-3H3,(H,20,25)(H,21,26)/t9-/m1/s1. The van der Waals surface area contributed by atoms with Crippen LogP contribution in [0.5, 0.6) is 0 Å². The minimum absolute atomic E-state index is 0.127. The lowest BCUT2D eigenvalue weighted by Gasteiger charge is -2.17. The van der Waals surface area contributed by atoms with E-state index in [1.165, 1.54) is 35.5 Å². The van der Waals surface area contributed by atoms with Gasteiger partial charge in [-0.25, -0.2) is 4.98 Å². The zero-order chi connectivity index (χ0) is 19.8. The number of amides is 2. The predicted molar refractivity (Wildman–Crippen MR) is 109 cm³/mol. The lowest BCUT2D eigenvalue weighted by atomic mass is 9.89. The van der Waals surface area contributed by atoms with E-state index in [1.54, 1.807) is 11.3 Å². The lowest BCUT2D eigenvalue weighted by Crippen LogP contribution is -2.41. The van der Waals surface area contributed by atoms with Crippen molar-refractivity contribution in [2.75, 3.05) is 5.75 Å². The van der Waals surface area contributed by atoms with Crippen LogP contribution in [0.3, 0.4) is 0 Å². The van der Waals surface area contributed by atoms with Gasteiger partial charge in [0.05, 0.1) is 11.1 Å². The molecule has 1 atom stereocenters. The molecule has 1 aliphatic rings. The van der Waals surface area contributed by atoms with Crippen molar-refractivity contribution < 1.29 is 9.59 Å². The molecule has 8 nitrogen and oxygen atoms in total. The molecule has 2 amide bonds. The van der Waals surface area contributed by atoms with Crippen molar-refractivity contribution in [2.24, 2.45) is 5.92 Å². The third-order valence-corrected chi connectivity index (χ3v) is 6.94. The second-order valence-electron chi connectivity index (χ2n) is 7.07. The van der Waals surface area contributed by atoms with E-state index in [1.807, 2.05) is 4.40 Å². The maximum Gasteiger partial charge on any atom is 0.248 e. The van der Waals surface area contributed by atoms with Crippen LogP contribution in [0.15, 0.2) is 5.16 Å². The first-order valence-corrected chi connectivity index (χ1v) is 11.1. The number of rotatable bonds is 4. The van der Waals surface area contributed by atoms with Gasteiger partial charge in [0.1, 0.15) is 10.7 Å². The summed E-state index contributed by atoms with van der Waals surface area (Å²) in [4.78, 5) is 30.2. The molecule has 4 rings (SSSR count). The number of nitrogens with zero attached hydrogens (tertiary/aromatic N) is 4. The molecule has 1 aliphatic carbocycles. The van der Waals surface area contributed by atoms with Crippen LogP contribution in [-0.2, 0) is 28.9 Å². The second-order valence-corrected chi connectivity index (χ2v) is 9.10. The van der Waals surface area contributed by atoms with Crippen LogP contribution in [0.4, 0.5) is 0 Å². The molecule has 0 spiro atoms. The summed E-state index contributed by atoms with van der Waals surface area (Å²) in [7, 11) is 0. The highest BCUT2D eigenvalue weighted by molar-refractivity contribution is 7.99. The van der Waals surface area contributed by atoms with Crippen molar-refractivity contribution in [3.05, 3.63) is 16.3 Å². The highest BCUT2D eigenvalue weighted by atomic mass is 32.2. The first-order chi connectivity index (χ1) is 13.5. The molecule has 3 aromatic heterocycles. The summed E-state index contributed by atoms with van der Waals surface area (Å²) in [5.41, 5.74) is 6.85. The number of aromatic nitrogens is 4. The molecule has 28 heavy (non-hydrogen) atoms. The van der Waals surface area contributed by atoms with Crippen LogP contribution in [0.2, 0.25) is 0 Å². The Balaban J connectivity index is 1.71. The monoisotopic (exact) mass is 418 g/mol. The van der Waals surface area contributed by atoms with Crippen LogP contribution in [0.25, 0.3) is 15.9 Å². The minimum atomic E-state index is -0.317. The zero-order valence-electron chi connectivity index (χ0n) is 16.0. The number of fused-ring (bicyclic) bond motifs is 5. The van der Waals surface area contributed by atoms with E-state index in [-0.39, 0.29) is 17.6 Å². The Hall–Kier alpha value is -2.20. The number of hydrogen-bond donors (Lipinski definition) is 2. The quantitative estimate of drug-likeness (QED) is 0.498. The van der Waals surface area contributed by atoms with Crippen molar-refractivity contribution in [2.45, 2.75) is 51.6 Å². The van der Waals surface area contributed by atoms with E-state index in [0.717, 1.165) is 41.0 Å². The smallest absolute Gasteiger partial charge is 0.248 e. The summed E-state index contributed by atoms with van der Waals surface area (Å²) in [5.74, 6) is 1.10. The maximum absolute atomic E-state index is 11.9. The van der Waals surface area contributed by atoms with Gasteiger partial charge in [-0.2, -0.15) is 0 Å². The van der Waals surface area contributed by atoms with Crippen molar-refractivity contribution in [1.29, 1.82) is 0 Å². The zero-order valence-corrected chi connectivity index (χ0v) is 17.7. The topological polar surface area (TPSA) is 101 Å². The fourth-order valence-electron chi connectivity index (χ4n) is 3.53. The number of carbonyl (C=O) groups is 2. The molecule has 10 heteroatoms. The summed E-state index contributed by atoms with van der Waals surface area (Å²) in [6, 6.07) is 0. The van der Waals surface area contributed by atoms with E-state index in [0.29, 0.717) is 11.1 Å². The highest BCUT2D eigenvalue weighted by Crippen LogP contribution is 2.39. The number of carbonyl (C=O) groups excluding carboxylic acids is 2. The van der Waals surface area contributed by atoms with Crippen LogP contribution in [0, 0.1) is 5.92 Å². The SMILES string of the molecule is CCc1nc2sc3c(c2c2nnc(SCC(=O)NNC(C)=O)n12)CC[C@@H](C)C3. The number of nitrogens with one attached hydrogen (secondary N) is 2. The molecule has 0 fully saturated rings. The Labute approximate surface area is 170 Å². The largest absolute Gasteiger partial charge is 0.274 e. The van der Waals surface area contributed by atoms with Crippen LogP contribution >= 0.6 is 23.1 Å². The van der Waals surface area contributed by atoms with E-state index < -0.39 is 0 Å². The summed E-state index contributed by atoms with van der Waals surface area (Å²) in [6.45, 7) is 5.69. The van der Waals surface area contributed by atoms with Crippen molar-refractivity contribution >= 4 is 50.8 Å². The molecular weight excluding hydrogens is 396 g/mol. The molecule has 3 aromatic rings. The highest BCUT2D eigenvalue weighted by Gasteiger charge is 2.25. The number of aryl methyl sites for hydroxylation is 2. The molecule has 0 aromatic carbocycles. The molecule has 0 bridgehead atoms. The lowest BCUT2D eigenvalue weighted by molar-refractivity contribution is -0.126. The van der Waals surface area contributed by atoms with Gasteiger partial charge in [0.15, 0.2) is 10.8 Å². The van der Waals surface area contributed by atoms with Crippen LogP contribution in [0.1, 0.15) is 43.5 Å². The molecule has 0 saturated heterocycles. The van der Waals surface area contributed by atoms with E-state index >= 15 is 0 Å². The summed E-state index contributed by atoms with van der Waals surface area (Å²) in [6.07, 6.45) is 4.07. The first kappa shape index (κ1) is 19.1. The number of thiophene rings is 1. The molecular formula is C18H22N6O2S2. The third kappa shape index (κ3) is 3.46. The van der Waals surface area contributed by atoms with Crippen LogP contribution in [-0.4, -0.2) is 37.1 Å². The van der Waals surface area contributed by atoms with Gasteiger partial charge in [-0.15, -0.1) is 21.5 Å². The van der Waals surface area contributed by atoms with Gasteiger partial charge in [-0.1, -0.05) is 25.6 Å². The first-order valence-electron chi connectivity index (χ1n) is 9.34. The number of hydrogen-bond acceptors (Lipinski definition) is 7. The van der Waals surface area contributed by atoms with Gasteiger partial charge in [0, 0.05) is 18.2 Å². The molecule has 148 valence electrons.